The molecule has 4 heterocycles. The van der Waals surface area contributed by atoms with Gasteiger partial charge in [-0.2, -0.15) is 20.3 Å². The lowest BCUT2D eigenvalue weighted by Gasteiger charge is -2.27. The second-order valence-electron chi connectivity index (χ2n) is 15.3. The van der Waals surface area contributed by atoms with Crippen LogP contribution in [0.25, 0.3) is 0 Å². The molecule has 2 aromatic heterocycles. The number of nitrogens with zero attached hydrogens (tertiary/aromatic N) is 5. The molecule has 2 aliphatic heterocycles. The molecule has 0 spiro atoms. The van der Waals surface area contributed by atoms with Gasteiger partial charge in [-0.05, 0) is 68.4 Å². The van der Waals surface area contributed by atoms with Crippen LogP contribution in [-0.2, 0) is 25.6 Å². The van der Waals surface area contributed by atoms with E-state index in [1.165, 1.54) is 18.2 Å². The Bertz CT molecular complexity index is 2350. The first kappa shape index (κ1) is 42.8. The topological polar surface area (TPSA) is 265 Å². The molecule has 0 bridgehead atoms. The van der Waals surface area contributed by atoms with Crippen molar-refractivity contribution in [1.29, 1.82) is 5.26 Å². The quantitative estimate of drug-likeness (QED) is 0.0434. The Hall–Kier alpha value is -7.36. The summed E-state index contributed by atoms with van der Waals surface area (Å²) in [6, 6.07) is 16.8. The van der Waals surface area contributed by atoms with E-state index in [1.54, 1.807) is 6.07 Å². The number of carbonyl (C=O) groups excluding carboxylic acids is 6. The number of ether oxygens (including phenoxy) is 1. The molecule has 19 nitrogen and oxygen atoms in total. The molecule has 0 radical (unpaired) electrons. The lowest BCUT2D eigenvalue weighted by molar-refractivity contribution is -0.136. The summed E-state index contributed by atoms with van der Waals surface area (Å²) in [6.07, 6.45) is 6.75. The Morgan fingerprint density at radius 3 is 2.39 bits per heavy atom. The average molecular weight is 845 g/mol. The van der Waals surface area contributed by atoms with Gasteiger partial charge in [0.1, 0.15) is 23.4 Å². The van der Waals surface area contributed by atoms with Gasteiger partial charge in [-0.1, -0.05) is 31.0 Å². The fourth-order valence-electron chi connectivity index (χ4n) is 7.13. The van der Waals surface area contributed by atoms with Crippen molar-refractivity contribution >= 4 is 64.5 Å². The van der Waals surface area contributed by atoms with Crippen molar-refractivity contribution in [3.63, 3.8) is 0 Å². The maximum absolute atomic E-state index is 13.2. The summed E-state index contributed by atoms with van der Waals surface area (Å²) in [5.41, 5.74) is 2.84. The number of fused-ring (bicyclic) bond motifs is 1. The number of piperidine rings is 1. The third kappa shape index (κ3) is 11.3. The van der Waals surface area contributed by atoms with Gasteiger partial charge >= 0.3 is 0 Å². The van der Waals surface area contributed by atoms with Gasteiger partial charge < -0.3 is 31.3 Å². The van der Waals surface area contributed by atoms with E-state index in [0.717, 1.165) is 47.5 Å². The zero-order valence-corrected chi connectivity index (χ0v) is 34.1. The number of nitriles is 1. The summed E-state index contributed by atoms with van der Waals surface area (Å²) in [6.45, 7) is 1.06. The largest absolute Gasteiger partial charge is 0.483 e. The number of aromatic nitrogens is 4. The van der Waals surface area contributed by atoms with Crippen LogP contribution in [-0.4, -0.2) is 92.8 Å². The molecule has 19 heteroatoms. The highest BCUT2D eigenvalue weighted by molar-refractivity contribution is 6.24. The van der Waals surface area contributed by atoms with Crippen LogP contribution >= 0.6 is 0 Å². The number of hydrogen-bond donors (Lipinski definition) is 7. The smallest absolute Gasteiger partial charge is 0.266 e. The van der Waals surface area contributed by atoms with Crippen molar-refractivity contribution in [1.82, 2.24) is 41.0 Å². The van der Waals surface area contributed by atoms with Gasteiger partial charge in [0.25, 0.3) is 17.7 Å². The molecule has 62 heavy (non-hydrogen) atoms. The van der Waals surface area contributed by atoms with Gasteiger partial charge in [-0.15, -0.1) is 0 Å². The number of H-pyrrole nitrogens is 1. The van der Waals surface area contributed by atoms with Crippen LogP contribution in [0, 0.1) is 11.3 Å². The van der Waals surface area contributed by atoms with Gasteiger partial charge in [0.05, 0.1) is 23.6 Å². The Morgan fingerprint density at radius 2 is 1.60 bits per heavy atom. The van der Waals surface area contributed by atoms with E-state index in [-0.39, 0.29) is 42.2 Å². The molecular formula is C43H48N12O7. The third-order valence-corrected chi connectivity index (χ3v) is 10.5. The number of hydrogen-bond acceptors (Lipinski definition) is 14. The van der Waals surface area contributed by atoms with Crippen molar-refractivity contribution in [2.75, 3.05) is 42.2 Å². The van der Waals surface area contributed by atoms with Crippen LogP contribution in [0.3, 0.4) is 0 Å². The van der Waals surface area contributed by atoms with Gasteiger partial charge in [0, 0.05) is 61.9 Å². The lowest BCUT2D eigenvalue weighted by Crippen LogP contribution is -2.54. The van der Waals surface area contributed by atoms with E-state index in [9.17, 15) is 28.8 Å². The number of nitrogens with one attached hydrogen (secondary N) is 7. The summed E-state index contributed by atoms with van der Waals surface area (Å²) < 4.78 is 5.63. The first-order chi connectivity index (χ1) is 30.1. The molecule has 7 N–H and O–H groups in total. The number of amides is 6. The van der Waals surface area contributed by atoms with E-state index >= 15 is 0 Å². The standard InChI is InChI=1S/C43H48N12O7/c44-19-18-26-10-14-28(15-11-26)48-43-50-33(24-34(51-43)49-35-23-30(53-54-35)27-12-13-27)45-21-6-22-46-36(56)9-3-1-2-4-20-47-38(58)25-62-32-8-5-7-29-39(32)42(61)55(41(29)60)31-16-17-37(57)52-40(31)59/h5,7-8,10-11,14-15,23-24,27,31H,1-4,6,9,12-13,16-18,20-22,25H2,(H,46,56)(H,47,58)(H,52,57,59)(H4,45,48,49,50,51,53,54). The van der Waals surface area contributed by atoms with Crippen molar-refractivity contribution in [2.45, 2.75) is 82.6 Å². The number of aromatic amines is 1. The predicted molar refractivity (Wildman–Crippen MR) is 226 cm³/mol. The van der Waals surface area contributed by atoms with Gasteiger partial charge in [-0.25, -0.2) is 0 Å². The van der Waals surface area contributed by atoms with Crippen LogP contribution < -0.4 is 36.6 Å². The molecule has 1 atom stereocenters. The van der Waals surface area contributed by atoms with Crippen LogP contribution in [0.2, 0.25) is 0 Å². The summed E-state index contributed by atoms with van der Waals surface area (Å²) in [4.78, 5) is 85.3. The molecule has 6 amide bonds. The second-order valence-corrected chi connectivity index (χ2v) is 15.3. The van der Waals surface area contributed by atoms with Crippen molar-refractivity contribution in [2.24, 2.45) is 0 Å². The molecule has 3 aliphatic rings. The molecule has 1 saturated carbocycles. The monoisotopic (exact) mass is 844 g/mol. The van der Waals surface area contributed by atoms with Gasteiger partial charge in [0.2, 0.25) is 23.7 Å². The Labute approximate surface area is 357 Å². The van der Waals surface area contributed by atoms with E-state index in [1.807, 2.05) is 30.3 Å². The average Bonchev–Trinajstić information content (AvgIpc) is 3.95. The summed E-state index contributed by atoms with van der Waals surface area (Å²) in [5, 5.41) is 34.2. The summed E-state index contributed by atoms with van der Waals surface area (Å²) >= 11 is 0. The normalized spacial score (nSPS) is 15.7. The van der Waals surface area contributed by atoms with E-state index in [2.05, 4.69) is 58.1 Å². The molecule has 1 aliphatic carbocycles. The Balaban J connectivity index is 0.768. The van der Waals surface area contributed by atoms with Gasteiger partial charge in [0.15, 0.2) is 12.4 Å². The second kappa shape index (κ2) is 20.3. The highest BCUT2D eigenvalue weighted by Gasteiger charge is 2.46. The van der Waals surface area contributed by atoms with Crippen LogP contribution in [0.15, 0.2) is 54.6 Å². The molecule has 1 saturated heterocycles. The summed E-state index contributed by atoms with van der Waals surface area (Å²) in [7, 11) is 0. The molecular weight excluding hydrogens is 797 g/mol. The number of carbonyl (C=O) groups is 6. The minimum absolute atomic E-state index is 0.00854. The molecule has 4 aromatic rings. The van der Waals surface area contributed by atoms with Crippen LogP contribution in [0.1, 0.15) is 102 Å². The number of anilines is 5. The number of rotatable bonds is 22. The predicted octanol–water partition coefficient (Wildman–Crippen LogP) is 4.10. The third-order valence-electron chi connectivity index (χ3n) is 10.5. The number of imide groups is 2. The minimum Gasteiger partial charge on any atom is -0.483 e. The minimum atomic E-state index is -1.10. The fourth-order valence-corrected chi connectivity index (χ4v) is 7.13. The molecule has 1 unspecified atom stereocenters. The van der Waals surface area contributed by atoms with E-state index < -0.39 is 35.6 Å². The van der Waals surface area contributed by atoms with Crippen molar-refractivity contribution in [3.8, 4) is 11.8 Å². The zero-order valence-electron chi connectivity index (χ0n) is 34.1. The Morgan fingerprint density at radius 1 is 0.823 bits per heavy atom. The summed E-state index contributed by atoms with van der Waals surface area (Å²) in [5.74, 6) is -0.205. The van der Waals surface area contributed by atoms with E-state index in [0.29, 0.717) is 81.1 Å². The molecule has 2 aromatic carbocycles. The van der Waals surface area contributed by atoms with Crippen molar-refractivity contribution < 1.29 is 33.5 Å². The molecule has 322 valence electrons. The van der Waals surface area contributed by atoms with Crippen molar-refractivity contribution in [3.05, 3.63) is 77.0 Å². The van der Waals surface area contributed by atoms with E-state index in [4.69, 9.17) is 10.00 Å². The zero-order chi connectivity index (χ0) is 43.4. The Kier molecular flexibility index (Phi) is 14.0. The van der Waals surface area contributed by atoms with Crippen LogP contribution in [0.4, 0.5) is 29.1 Å². The lowest BCUT2D eigenvalue weighted by atomic mass is 10.0. The highest BCUT2D eigenvalue weighted by Crippen LogP contribution is 2.40. The maximum Gasteiger partial charge on any atom is 0.266 e. The SMILES string of the molecule is N#CCc1ccc(Nc2nc(NCCCNC(=O)CCCCCCNC(=O)COc3cccc4c3C(=O)N(C3CCC(=O)NC3=O)C4=O)cc(Nc3cc(C4CC4)[nH]n3)n2)cc1. The highest BCUT2D eigenvalue weighted by atomic mass is 16.5. The molecule has 2 fully saturated rings. The number of benzene rings is 2. The molecule has 7 rings (SSSR count). The van der Waals surface area contributed by atoms with Crippen LogP contribution in [0.5, 0.6) is 5.75 Å². The first-order valence-electron chi connectivity index (χ1n) is 20.8. The first-order valence-corrected chi connectivity index (χ1v) is 20.8. The maximum atomic E-state index is 13.2. The van der Waals surface area contributed by atoms with Gasteiger partial charge in [-0.3, -0.25) is 44.1 Å². The number of unbranched alkanes of at least 4 members (excludes halogenated alkanes) is 3. The fraction of sp³-hybridized carbons (Fsp3) is 0.395.